The van der Waals surface area contributed by atoms with E-state index in [2.05, 4.69) is 24.2 Å². The summed E-state index contributed by atoms with van der Waals surface area (Å²) >= 11 is 1.72. The van der Waals surface area contributed by atoms with Gasteiger partial charge in [0, 0.05) is 24.2 Å². The molecule has 1 aromatic carbocycles. The number of rotatable bonds is 4. The van der Waals surface area contributed by atoms with Crippen LogP contribution in [0.15, 0.2) is 46.5 Å². The third kappa shape index (κ3) is 2.90. The van der Waals surface area contributed by atoms with Gasteiger partial charge in [0.25, 0.3) is 0 Å². The molecule has 2 N–H and O–H groups in total. The van der Waals surface area contributed by atoms with Gasteiger partial charge >= 0.3 is 0 Å². The Morgan fingerprint density at radius 2 is 2.18 bits per heavy atom. The monoisotopic (exact) mass is 247 g/mol. The van der Waals surface area contributed by atoms with E-state index < -0.39 is 0 Å². The Morgan fingerprint density at radius 1 is 1.41 bits per heavy atom. The Kier molecular flexibility index (Phi) is 3.86. The van der Waals surface area contributed by atoms with Crippen molar-refractivity contribution in [2.24, 2.45) is 12.8 Å². The van der Waals surface area contributed by atoms with Gasteiger partial charge in [-0.05, 0) is 18.1 Å². The molecule has 1 atom stereocenters. The summed E-state index contributed by atoms with van der Waals surface area (Å²) in [7, 11) is 1.92. The van der Waals surface area contributed by atoms with Crippen molar-refractivity contribution in [2.45, 2.75) is 29.2 Å². The SMILES string of the molecule is CC[C@@H](N)c1ccccc1Sc1cnn(C)c1. The van der Waals surface area contributed by atoms with Crippen LogP contribution in [0.25, 0.3) is 0 Å². The van der Waals surface area contributed by atoms with Crippen LogP contribution >= 0.6 is 11.8 Å². The third-order valence-corrected chi connectivity index (χ3v) is 3.71. The Morgan fingerprint density at radius 3 is 2.82 bits per heavy atom. The number of aromatic nitrogens is 2. The van der Waals surface area contributed by atoms with Gasteiger partial charge < -0.3 is 5.73 Å². The minimum absolute atomic E-state index is 0.107. The van der Waals surface area contributed by atoms with Crippen molar-refractivity contribution in [2.75, 3.05) is 0 Å². The molecule has 0 aliphatic rings. The number of aryl methyl sites for hydroxylation is 1. The molecule has 2 aromatic rings. The first-order valence-corrected chi connectivity index (χ1v) is 6.53. The first-order valence-electron chi connectivity index (χ1n) is 5.71. The van der Waals surface area contributed by atoms with Crippen LogP contribution in [0.4, 0.5) is 0 Å². The van der Waals surface area contributed by atoms with Crippen LogP contribution in [0.5, 0.6) is 0 Å². The Balaban J connectivity index is 2.26. The van der Waals surface area contributed by atoms with E-state index in [1.807, 2.05) is 36.3 Å². The van der Waals surface area contributed by atoms with E-state index >= 15 is 0 Å². The molecule has 0 fully saturated rings. The molecule has 0 aliphatic carbocycles. The zero-order valence-corrected chi connectivity index (χ0v) is 10.9. The highest BCUT2D eigenvalue weighted by Crippen LogP contribution is 2.32. The van der Waals surface area contributed by atoms with Gasteiger partial charge in [0.15, 0.2) is 0 Å². The summed E-state index contributed by atoms with van der Waals surface area (Å²) < 4.78 is 1.81. The Bertz CT molecular complexity index is 493. The highest BCUT2D eigenvalue weighted by atomic mass is 32.2. The lowest BCUT2D eigenvalue weighted by atomic mass is 10.1. The molecule has 0 aliphatic heterocycles. The van der Waals surface area contributed by atoms with Gasteiger partial charge in [-0.25, -0.2) is 0 Å². The van der Waals surface area contributed by atoms with E-state index in [9.17, 15) is 0 Å². The maximum atomic E-state index is 6.12. The third-order valence-electron chi connectivity index (χ3n) is 2.67. The molecule has 17 heavy (non-hydrogen) atoms. The summed E-state index contributed by atoms with van der Waals surface area (Å²) in [6.45, 7) is 2.11. The second-order valence-electron chi connectivity index (χ2n) is 4.00. The maximum absolute atomic E-state index is 6.12. The van der Waals surface area contributed by atoms with Crippen molar-refractivity contribution in [3.63, 3.8) is 0 Å². The van der Waals surface area contributed by atoms with Gasteiger partial charge in [-0.15, -0.1) is 0 Å². The standard InChI is InChI=1S/C13H17N3S/c1-3-12(14)11-6-4-5-7-13(11)17-10-8-15-16(2)9-10/h4-9,12H,3,14H2,1-2H3/t12-/m1/s1. The van der Waals surface area contributed by atoms with Gasteiger partial charge in [0.05, 0.1) is 11.1 Å². The Hall–Kier alpha value is -1.26. The lowest BCUT2D eigenvalue weighted by Gasteiger charge is -2.13. The summed E-state index contributed by atoms with van der Waals surface area (Å²) in [6.07, 6.45) is 4.84. The minimum atomic E-state index is 0.107. The molecule has 0 saturated heterocycles. The molecule has 3 nitrogen and oxygen atoms in total. The maximum Gasteiger partial charge on any atom is 0.0629 e. The fourth-order valence-corrected chi connectivity index (χ4v) is 2.72. The highest BCUT2D eigenvalue weighted by molar-refractivity contribution is 7.99. The van der Waals surface area contributed by atoms with Crippen molar-refractivity contribution in [1.82, 2.24) is 9.78 Å². The largest absolute Gasteiger partial charge is 0.324 e. The predicted octanol–water partition coefficient (Wildman–Crippen LogP) is 2.98. The zero-order chi connectivity index (χ0) is 12.3. The summed E-state index contributed by atoms with van der Waals surface area (Å²) in [5, 5.41) is 4.17. The first kappa shape index (κ1) is 12.2. The molecule has 0 amide bonds. The fourth-order valence-electron chi connectivity index (χ4n) is 1.68. The average Bonchev–Trinajstić information content (AvgIpc) is 2.74. The number of hydrogen-bond acceptors (Lipinski definition) is 3. The van der Waals surface area contributed by atoms with Gasteiger partial charge in [0.2, 0.25) is 0 Å². The quantitative estimate of drug-likeness (QED) is 0.903. The van der Waals surface area contributed by atoms with Gasteiger partial charge in [-0.3, -0.25) is 4.68 Å². The number of nitrogens with zero attached hydrogens (tertiary/aromatic N) is 2. The normalized spacial score (nSPS) is 12.6. The molecule has 90 valence electrons. The van der Waals surface area contributed by atoms with Crippen molar-refractivity contribution in [1.29, 1.82) is 0 Å². The lowest BCUT2D eigenvalue weighted by molar-refractivity contribution is 0.685. The van der Waals surface area contributed by atoms with Crippen molar-refractivity contribution in [3.05, 3.63) is 42.2 Å². The van der Waals surface area contributed by atoms with Crippen LogP contribution in [0.3, 0.4) is 0 Å². The van der Waals surface area contributed by atoms with Crippen LogP contribution in [0.2, 0.25) is 0 Å². The summed E-state index contributed by atoms with van der Waals surface area (Å²) in [5.41, 5.74) is 7.33. The molecule has 4 heteroatoms. The first-order chi connectivity index (χ1) is 8.20. The minimum Gasteiger partial charge on any atom is -0.324 e. The second kappa shape index (κ2) is 5.38. The predicted molar refractivity (Wildman–Crippen MR) is 71.0 cm³/mol. The van der Waals surface area contributed by atoms with E-state index in [0.717, 1.165) is 11.3 Å². The van der Waals surface area contributed by atoms with E-state index in [4.69, 9.17) is 5.73 Å². The van der Waals surface area contributed by atoms with Crippen LogP contribution in [-0.2, 0) is 7.05 Å². The number of nitrogens with two attached hydrogens (primary N) is 1. The summed E-state index contributed by atoms with van der Waals surface area (Å²) in [5.74, 6) is 0. The molecule has 0 spiro atoms. The topological polar surface area (TPSA) is 43.8 Å². The van der Waals surface area contributed by atoms with Crippen LogP contribution < -0.4 is 5.73 Å². The van der Waals surface area contributed by atoms with E-state index in [-0.39, 0.29) is 6.04 Å². The summed E-state index contributed by atoms with van der Waals surface area (Å²) in [6, 6.07) is 8.41. The van der Waals surface area contributed by atoms with Gasteiger partial charge in [-0.1, -0.05) is 36.9 Å². The van der Waals surface area contributed by atoms with E-state index in [1.54, 1.807) is 11.8 Å². The highest BCUT2D eigenvalue weighted by Gasteiger charge is 2.10. The van der Waals surface area contributed by atoms with Crippen molar-refractivity contribution < 1.29 is 0 Å². The number of hydrogen-bond donors (Lipinski definition) is 1. The van der Waals surface area contributed by atoms with E-state index in [1.165, 1.54) is 10.5 Å². The summed E-state index contributed by atoms with van der Waals surface area (Å²) in [4.78, 5) is 2.36. The second-order valence-corrected chi connectivity index (χ2v) is 5.12. The molecule has 0 unspecified atom stereocenters. The molecule has 1 heterocycles. The molecule has 0 saturated carbocycles. The molecule has 1 aromatic heterocycles. The fraction of sp³-hybridized carbons (Fsp3) is 0.308. The molecule has 0 bridgehead atoms. The Labute approximate surface area is 106 Å². The van der Waals surface area contributed by atoms with Gasteiger partial charge in [-0.2, -0.15) is 5.10 Å². The van der Waals surface area contributed by atoms with E-state index in [0.29, 0.717) is 0 Å². The van der Waals surface area contributed by atoms with Crippen LogP contribution in [-0.4, -0.2) is 9.78 Å². The van der Waals surface area contributed by atoms with Crippen LogP contribution in [0.1, 0.15) is 24.9 Å². The average molecular weight is 247 g/mol. The zero-order valence-electron chi connectivity index (χ0n) is 10.1. The number of benzene rings is 1. The van der Waals surface area contributed by atoms with Crippen molar-refractivity contribution in [3.8, 4) is 0 Å². The molecule has 2 rings (SSSR count). The van der Waals surface area contributed by atoms with Crippen LogP contribution in [0, 0.1) is 0 Å². The smallest absolute Gasteiger partial charge is 0.0629 e. The van der Waals surface area contributed by atoms with Gasteiger partial charge in [0.1, 0.15) is 0 Å². The lowest BCUT2D eigenvalue weighted by Crippen LogP contribution is -2.09. The van der Waals surface area contributed by atoms with Crippen molar-refractivity contribution >= 4 is 11.8 Å². The molecular weight excluding hydrogens is 230 g/mol. The molecule has 0 radical (unpaired) electrons. The molecular formula is C13H17N3S.